The normalized spacial score (nSPS) is 18.8. The van der Waals surface area contributed by atoms with E-state index in [0.29, 0.717) is 13.0 Å². The van der Waals surface area contributed by atoms with Crippen molar-refractivity contribution in [3.63, 3.8) is 0 Å². The van der Waals surface area contributed by atoms with Gasteiger partial charge in [-0.2, -0.15) is 0 Å². The van der Waals surface area contributed by atoms with Gasteiger partial charge >= 0.3 is 0 Å². The van der Waals surface area contributed by atoms with Gasteiger partial charge in [0.15, 0.2) is 0 Å². The Morgan fingerprint density at radius 1 is 1.39 bits per heavy atom. The van der Waals surface area contributed by atoms with E-state index in [1.165, 1.54) is 0 Å². The summed E-state index contributed by atoms with van der Waals surface area (Å²) < 4.78 is 11.3. The quantitative estimate of drug-likeness (QED) is 0.829. The Balaban J connectivity index is 2.05. The topological polar surface area (TPSA) is 38.7 Å². The van der Waals surface area contributed by atoms with Crippen LogP contribution < -0.4 is 4.74 Å². The van der Waals surface area contributed by atoms with Gasteiger partial charge in [0.1, 0.15) is 11.9 Å². The molecule has 3 heteroatoms. The van der Waals surface area contributed by atoms with Crippen LogP contribution in [0.25, 0.3) is 0 Å². The van der Waals surface area contributed by atoms with E-state index in [2.05, 4.69) is 11.8 Å². The highest BCUT2D eigenvalue weighted by Gasteiger charge is 2.16. The van der Waals surface area contributed by atoms with Crippen LogP contribution in [0, 0.1) is 11.8 Å². The molecule has 0 aliphatic carbocycles. The lowest BCUT2D eigenvalue weighted by molar-refractivity contribution is 0.00732. The van der Waals surface area contributed by atoms with Gasteiger partial charge in [-0.25, -0.2) is 0 Å². The van der Waals surface area contributed by atoms with Crippen molar-refractivity contribution >= 4 is 0 Å². The van der Waals surface area contributed by atoms with Gasteiger partial charge in [-0.05, 0) is 25.0 Å². The van der Waals surface area contributed by atoms with Crippen molar-refractivity contribution in [1.82, 2.24) is 0 Å². The predicted molar refractivity (Wildman–Crippen MR) is 69.5 cm³/mol. The molecule has 0 aromatic heterocycles. The van der Waals surface area contributed by atoms with Gasteiger partial charge in [-0.15, -0.1) is 0 Å². The smallest absolute Gasteiger partial charge is 0.135 e. The first-order valence-corrected chi connectivity index (χ1v) is 6.33. The van der Waals surface area contributed by atoms with E-state index in [1.807, 2.05) is 24.3 Å². The minimum absolute atomic E-state index is 0.0898. The maximum atomic E-state index is 8.72. The molecule has 1 fully saturated rings. The molecule has 0 spiro atoms. The molecule has 0 bridgehead atoms. The van der Waals surface area contributed by atoms with Crippen molar-refractivity contribution < 1.29 is 14.6 Å². The lowest BCUT2D eigenvalue weighted by Crippen LogP contribution is -2.28. The van der Waals surface area contributed by atoms with E-state index in [-0.39, 0.29) is 12.7 Å². The summed E-state index contributed by atoms with van der Waals surface area (Å²) in [6, 6.07) is 7.74. The average Bonchev–Trinajstić information content (AvgIpc) is 2.42. The fourth-order valence-corrected chi connectivity index (χ4v) is 1.87. The average molecular weight is 246 g/mol. The number of benzene rings is 1. The van der Waals surface area contributed by atoms with E-state index in [9.17, 15) is 0 Å². The van der Waals surface area contributed by atoms with Crippen molar-refractivity contribution in [2.75, 3.05) is 19.8 Å². The second kappa shape index (κ2) is 7.05. The van der Waals surface area contributed by atoms with Crippen LogP contribution in [0.4, 0.5) is 0 Å². The number of hydrogen-bond donors (Lipinski definition) is 1. The van der Waals surface area contributed by atoms with Crippen LogP contribution in [0.3, 0.4) is 0 Å². The van der Waals surface area contributed by atoms with Gasteiger partial charge in [-0.3, -0.25) is 0 Å². The highest BCUT2D eigenvalue weighted by atomic mass is 16.5. The summed E-state index contributed by atoms with van der Waals surface area (Å²) in [6.45, 7) is 1.57. The molecular weight excluding hydrogens is 228 g/mol. The van der Waals surface area contributed by atoms with Crippen LogP contribution in [-0.2, 0) is 4.74 Å². The molecule has 1 aliphatic rings. The molecule has 1 heterocycles. The van der Waals surface area contributed by atoms with Gasteiger partial charge in [0.25, 0.3) is 0 Å². The summed E-state index contributed by atoms with van der Waals surface area (Å²) in [7, 11) is 0. The van der Waals surface area contributed by atoms with E-state index in [4.69, 9.17) is 14.6 Å². The summed E-state index contributed by atoms with van der Waals surface area (Å²) in [6.07, 6.45) is 2.68. The number of aliphatic hydroxyl groups excluding tert-OH is 1. The van der Waals surface area contributed by atoms with Crippen LogP contribution in [0.15, 0.2) is 24.3 Å². The number of para-hydroxylation sites is 1. The Bertz CT molecular complexity index is 425. The zero-order valence-electron chi connectivity index (χ0n) is 10.4. The van der Waals surface area contributed by atoms with Crippen molar-refractivity contribution in [1.29, 1.82) is 0 Å². The van der Waals surface area contributed by atoms with Crippen molar-refractivity contribution in [3.05, 3.63) is 29.8 Å². The summed E-state index contributed by atoms with van der Waals surface area (Å²) in [5.41, 5.74) is 0.872. The van der Waals surface area contributed by atoms with Gasteiger partial charge in [0.05, 0.1) is 18.8 Å². The molecule has 3 nitrogen and oxygen atoms in total. The summed E-state index contributed by atoms with van der Waals surface area (Å²) in [5.74, 6) is 6.75. The van der Waals surface area contributed by atoms with E-state index in [1.54, 1.807) is 0 Å². The molecule has 0 radical (unpaired) electrons. The SMILES string of the molecule is OCCC#Cc1ccccc1OC1CCCOC1. The third kappa shape index (κ3) is 3.76. The van der Waals surface area contributed by atoms with Crippen LogP contribution >= 0.6 is 0 Å². The van der Waals surface area contributed by atoms with E-state index < -0.39 is 0 Å². The minimum atomic E-state index is 0.0898. The molecule has 0 amide bonds. The van der Waals surface area contributed by atoms with Gasteiger partial charge < -0.3 is 14.6 Å². The lowest BCUT2D eigenvalue weighted by Gasteiger charge is -2.23. The van der Waals surface area contributed by atoms with E-state index >= 15 is 0 Å². The van der Waals surface area contributed by atoms with Crippen molar-refractivity contribution in [2.24, 2.45) is 0 Å². The van der Waals surface area contributed by atoms with Crippen LogP contribution in [-0.4, -0.2) is 31.0 Å². The number of ether oxygens (including phenoxy) is 2. The maximum Gasteiger partial charge on any atom is 0.135 e. The van der Waals surface area contributed by atoms with E-state index in [0.717, 1.165) is 30.8 Å². The zero-order valence-corrected chi connectivity index (χ0v) is 10.4. The molecule has 18 heavy (non-hydrogen) atoms. The zero-order chi connectivity index (χ0) is 12.6. The molecule has 1 atom stereocenters. The second-order valence-corrected chi connectivity index (χ2v) is 4.23. The molecule has 1 N–H and O–H groups in total. The van der Waals surface area contributed by atoms with Crippen molar-refractivity contribution in [2.45, 2.75) is 25.4 Å². The Morgan fingerprint density at radius 3 is 3.06 bits per heavy atom. The van der Waals surface area contributed by atoms with Gasteiger partial charge in [-0.1, -0.05) is 24.0 Å². The minimum Gasteiger partial charge on any atom is -0.487 e. The fourth-order valence-electron chi connectivity index (χ4n) is 1.87. The molecule has 1 unspecified atom stereocenters. The Morgan fingerprint density at radius 2 is 2.28 bits per heavy atom. The molecule has 96 valence electrons. The molecule has 2 rings (SSSR count). The third-order valence-corrected chi connectivity index (χ3v) is 2.76. The number of hydrogen-bond acceptors (Lipinski definition) is 3. The maximum absolute atomic E-state index is 8.72. The fraction of sp³-hybridized carbons (Fsp3) is 0.467. The largest absolute Gasteiger partial charge is 0.487 e. The first-order valence-electron chi connectivity index (χ1n) is 6.33. The molecule has 1 aliphatic heterocycles. The van der Waals surface area contributed by atoms with Crippen LogP contribution in [0.1, 0.15) is 24.8 Å². The monoisotopic (exact) mass is 246 g/mol. The molecule has 1 saturated heterocycles. The molecule has 1 aromatic carbocycles. The predicted octanol–water partition coefficient (Wildman–Crippen LogP) is 1.98. The number of aliphatic hydroxyl groups is 1. The molecule has 1 aromatic rings. The summed E-state index contributed by atoms with van der Waals surface area (Å²) in [4.78, 5) is 0. The summed E-state index contributed by atoms with van der Waals surface area (Å²) in [5, 5.41) is 8.72. The first kappa shape index (κ1) is 12.9. The summed E-state index contributed by atoms with van der Waals surface area (Å²) >= 11 is 0. The highest BCUT2D eigenvalue weighted by molar-refractivity contribution is 5.46. The molecule has 0 saturated carbocycles. The Kier molecular flexibility index (Phi) is 5.07. The lowest BCUT2D eigenvalue weighted by atomic mass is 10.1. The van der Waals surface area contributed by atoms with Gasteiger partial charge in [0.2, 0.25) is 0 Å². The van der Waals surface area contributed by atoms with Crippen LogP contribution in [0.2, 0.25) is 0 Å². The Hall–Kier alpha value is -1.50. The van der Waals surface area contributed by atoms with Crippen molar-refractivity contribution in [3.8, 4) is 17.6 Å². The molecular formula is C15H18O3. The highest BCUT2D eigenvalue weighted by Crippen LogP contribution is 2.21. The van der Waals surface area contributed by atoms with Crippen LogP contribution in [0.5, 0.6) is 5.75 Å². The third-order valence-electron chi connectivity index (χ3n) is 2.76. The second-order valence-electron chi connectivity index (χ2n) is 4.23. The van der Waals surface area contributed by atoms with Gasteiger partial charge in [0, 0.05) is 13.0 Å². The Labute approximate surface area is 108 Å². The number of rotatable bonds is 3. The first-order chi connectivity index (χ1) is 8.90. The standard InChI is InChI=1S/C15H18O3/c16-10-4-3-7-13-6-1-2-9-15(13)18-14-8-5-11-17-12-14/h1-2,6,9,14,16H,4-5,8,10-12H2.